The second-order valence-corrected chi connectivity index (χ2v) is 4.25. The van der Waals surface area contributed by atoms with Crippen molar-refractivity contribution in [2.45, 2.75) is 13.5 Å². The Labute approximate surface area is 98.9 Å². The number of aromatic nitrogens is 2. The molecule has 0 bridgehead atoms. The third kappa shape index (κ3) is 2.05. The lowest BCUT2D eigenvalue weighted by atomic mass is 10.1. The molecule has 0 saturated carbocycles. The fourth-order valence-corrected chi connectivity index (χ4v) is 2.18. The molecule has 1 aromatic carbocycles. The zero-order valence-electron chi connectivity index (χ0n) is 9.34. The highest BCUT2D eigenvalue weighted by Gasteiger charge is 2.11. The summed E-state index contributed by atoms with van der Waals surface area (Å²) in [5.41, 5.74) is 7.91. The molecule has 0 fully saturated rings. The van der Waals surface area contributed by atoms with Gasteiger partial charge in [-0.05, 0) is 18.6 Å². The standard InChI is InChI=1S/C11H14N4S/c1-8-13-11(16-14-8)15(2)10-6-4-3-5-9(10)7-12/h3-6H,7,12H2,1-2H3. The summed E-state index contributed by atoms with van der Waals surface area (Å²) in [6.45, 7) is 2.42. The van der Waals surface area contributed by atoms with Gasteiger partial charge in [0.05, 0.1) is 0 Å². The summed E-state index contributed by atoms with van der Waals surface area (Å²) >= 11 is 1.40. The van der Waals surface area contributed by atoms with E-state index < -0.39 is 0 Å². The van der Waals surface area contributed by atoms with Gasteiger partial charge in [0.15, 0.2) is 0 Å². The SMILES string of the molecule is Cc1nsc(N(C)c2ccccc2CN)n1. The molecule has 0 aliphatic rings. The second-order valence-electron chi connectivity index (χ2n) is 3.52. The number of hydrogen-bond acceptors (Lipinski definition) is 5. The van der Waals surface area contributed by atoms with Crippen molar-refractivity contribution in [3.63, 3.8) is 0 Å². The number of aryl methyl sites for hydroxylation is 1. The molecule has 84 valence electrons. The lowest BCUT2D eigenvalue weighted by Crippen LogP contribution is -2.13. The fraction of sp³-hybridized carbons (Fsp3) is 0.273. The van der Waals surface area contributed by atoms with E-state index in [4.69, 9.17) is 5.73 Å². The number of rotatable bonds is 3. The molecule has 1 heterocycles. The Morgan fingerprint density at radius 3 is 2.75 bits per heavy atom. The Morgan fingerprint density at radius 2 is 2.12 bits per heavy atom. The van der Waals surface area contributed by atoms with Crippen molar-refractivity contribution in [3.8, 4) is 0 Å². The first-order valence-electron chi connectivity index (χ1n) is 5.04. The van der Waals surface area contributed by atoms with Gasteiger partial charge in [-0.2, -0.15) is 4.37 Å². The van der Waals surface area contributed by atoms with Crippen LogP contribution in [-0.2, 0) is 6.54 Å². The van der Waals surface area contributed by atoms with E-state index in [0.717, 1.165) is 22.2 Å². The van der Waals surface area contributed by atoms with Crippen LogP contribution < -0.4 is 10.6 Å². The van der Waals surface area contributed by atoms with Gasteiger partial charge in [-0.1, -0.05) is 18.2 Å². The van der Waals surface area contributed by atoms with Gasteiger partial charge in [-0.3, -0.25) is 0 Å². The number of hydrogen-bond donors (Lipinski definition) is 1. The van der Waals surface area contributed by atoms with E-state index in [2.05, 4.69) is 9.36 Å². The largest absolute Gasteiger partial charge is 0.326 e. The van der Waals surface area contributed by atoms with Crippen molar-refractivity contribution in [3.05, 3.63) is 35.7 Å². The van der Waals surface area contributed by atoms with Crippen LogP contribution in [0.5, 0.6) is 0 Å². The van der Waals surface area contributed by atoms with Crippen LogP contribution in [-0.4, -0.2) is 16.4 Å². The number of anilines is 2. The Hall–Kier alpha value is -1.46. The Kier molecular flexibility index (Phi) is 3.17. The molecule has 4 nitrogen and oxygen atoms in total. The van der Waals surface area contributed by atoms with Crippen LogP contribution in [0.2, 0.25) is 0 Å². The summed E-state index contributed by atoms with van der Waals surface area (Å²) in [5, 5.41) is 0.887. The van der Waals surface area contributed by atoms with Crippen LogP contribution >= 0.6 is 11.5 Å². The average Bonchev–Trinajstić information content (AvgIpc) is 2.75. The molecular formula is C11H14N4S. The average molecular weight is 234 g/mol. The molecule has 0 unspecified atom stereocenters. The third-order valence-corrected chi connectivity index (χ3v) is 3.26. The minimum Gasteiger partial charge on any atom is -0.326 e. The zero-order chi connectivity index (χ0) is 11.5. The maximum absolute atomic E-state index is 5.71. The van der Waals surface area contributed by atoms with E-state index in [1.54, 1.807) is 0 Å². The molecule has 5 heteroatoms. The number of nitrogens with two attached hydrogens (primary N) is 1. The molecule has 16 heavy (non-hydrogen) atoms. The molecule has 0 radical (unpaired) electrons. The normalized spacial score (nSPS) is 10.4. The monoisotopic (exact) mass is 234 g/mol. The fourth-order valence-electron chi connectivity index (χ4n) is 1.54. The van der Waals surface area contributed by atoms with Crippen molar-refractivity contribution >= 4 is 22.4 Å². The van der Waals surface area contributed by atoms with E-state index >= 15 is 0 Å². The molecule has 1 aromatic heterocycles. The van der Waals surface area contributed by atoms with Crippen molar-refractivity contribution in [1.82, 2.24) is 9.36 Å². The van der Waals surface area contributed by atoms with Gasteiger partial charge in [0.2, 0.25) is 5.13 Å². The van der Waals surface area contributed by atoms with E-state index in [1.165, 1.54) is 11.5 Å². The van der Waals surface area contributed by atoms with Gasteiger partial charge in [-0.25, -0.2) is 4.98 Å². The predicted molar refractivity (Wildman–Crippen MR) is 67.0 cm³/mol. The number of benzene rings is 1. The van der Waals surface area contributed by atoms with E-state index in [1.807, 2.05) is 43.1 Å². The second kappa shape index (κ2) is 4.59. The number of para-hydroxylation sites is 1. The maximum atomic E-state index is 5.71. The van der Waals surface area contributed by atoms with Gasteiger partial charge in [0.25, 0.3) is 0 Å². The van der Waals surface area contributed by atoms with Gasteiger partial charge in [0, 0.05) is 30.8 Å². The topological polar surface area (TPSA) is 55.0 Å². The zero-order valence-corrected chi connectivity index (χ0v) is 10.2. The molecule has 0 aliphatic heterocycles. The van der Waals surface area contributed by atoms with E-state index in [9.17, 15) is 0 Å². The van der Waals surface area contributed by atoms with E-state index in [-0.39, 0.29) is 0 Å². The molecule has 0 atom stereocenters. The maximum Gasteiger partial charge on any atom is 0.209 e. The molecule has 0 spiro atoms. The third-order valence-electron chi connectivity index (χ3n) is 2.38. The summed E-state index contributed by atoms with van der Waals surface area (Å²) in [6, 6.07) is 8.06. The Morgan fingerprint density at radius 1 is 1.38 bits per heavy atom. The van der Waals surface area contributed by atoms with Crippen LogP contribution in [0.15, 0.2) is 24.3 Å². The van der Waals surface area contributed by atoms with Gasteiger partial charge in [0.1, 0.15) is 5.82 Å². The first-order chi connectivity index (χ1) is 7.72. The summed E-state index contributed by atoms with van der Waals surface area (Å²) in [5.74, 6) is 0.803. The summed E-state index contributed by atoms with van der Waals surface area (Å²) < 4.78 is 4.18. The van der Waals surface area contributed by atoms with Crippen LogP contribution in [0.3, 0.4) is 0 Å². The van der Waals surface area contributed by atoms with Crippen molar-refractivity contribution < 1.29 is 0 Å². The first kappa shape index (κ1) is 11.0. The minimum atomic E-state index is 0.526. The summed E-state index contributed by atoms with van der Waals surface area (Å²) in [6.07, 6.45) is 0. The quantitative estimate of drug-likeness (QED) is 0.883. The predicted octanol–water partition coefficient (Wildman–Crippen LogP) is 2.07. The highest BCUT2D eigenvalue weighted by molar-refractivity contribution is 7.09. The Bertz CT molecular complexity index is 480. The summed E-state index contributed by atoms with van der Waals surface area (Å²) in [7, 11) is 1.98. The lowest BCUT2D eigenvalue weighted by molar-refractivity contribution is 1.04. The number of nitrogens with zero attached hydrogens (tertiary/aromatic N) is 3. The van der Waals surface area contributed by atoms with Crippen molar-refractivity contribution in [2.75, 3.05) is 11.9 Å². The van der Waals surface area contributed by atoms with Crippen molar-refractivity contribution in [2.24, 2.45) is 5.73 Å². The summed E-state index contributed by atoms with van der Waals surface area (Å²) in [4.78, 5) is 6.38. The van der Waals surface area contributed by atoms with Crippen LogP contribution in [0.1, 0.15) is 11.4 Å². The first-order valence-corrected chi connectivity index (χ1v) is 5.81. The van der Waals surface area contributed by atoms with Gasteiger partial charge >= 0.3 is 0 Å². The molecule has 0 amide bonds. The molecule has 0 saturated heterocycles. The minimum absolute atomic E-state index is 0.526. The highest BCUT2D eigenvalue weighted by atomic mass is 32.1. The van der Waals surface area contributed by atoms with Crippen LogP contribution in [0.4, 0.5) is 10.8 Å². The van der Waals surface area contributed by atoms with Gasteiger partial charge in [-0.15, -0.1) is 0 Å². The molecular weight excluding hydrogens is 220 g/mol. The van der Waals surface area contributed by atoms with Crippen molar-refractivity contribution in [1.29, 1.82) is 0 Å². The molecule has 2 aromatic rings. The molecule has 0 aliphatic carbocycles. The highest BCUT2D eigenvalue weighted by Crippen LogP contribution is 2.27. The van der Waals surface area contributed by atoms with E-state index in [0.29, 0.717) is 6.54 Å². The lowest BCUT2D eigenvalue weighted by Gasteiger charge is -2.18. The molecule has 2 rings (SSSR count). The van der Waals surface area contributed by atoms with Gasteiger partial charge < -0.3 is 10.6 Å². The smallest absolute Gasteiger partial charge is 0.209 e. The van der Waals surface area contributed by atoms with Crippen LogP contribution in [0, 0.1) is 6.92 Å². The molecule has 2 N–H and O–H groups in total. The van der Waals surface area contributed by atoms with Crippen LogP contribution in [0.25, 0.3) is 0 Å². The Balaban J connectivity index is 2.36.